The predicted molar refractivity (Wildman–Crippen MR) is 117 cm³/mol. The Labute approximate surface area is 174 Å². The van der Waals surface area contributed by atoms with Crippen molar-refractivity contribution in [1.82, 2.24) is 0 Å². The molecule has 0 aliphatic carbocycles. The Bertz CT molecular complexity index is 690. The predicted octanol–water partition coefficient (Wildman–Crippen LogP) is 7.74. The highest BCUT2D eigenvalue weighted by Crippen LogP contribution is 2.14. The van der Waals surface area contributed by atoms with Crippen molar-refractivity contribution < 1.29 is 14.1 Å². The van der Waals surface area contributed by atoms with E-state index in [9.17, 15) is 0 Å². The molecule has 1 heteroatoms. The second kappa shape index (κ2) is 15.3. The summed E-state index contributed by atoms with van der Waals surface area (Å²) >= 11 is 0. The van der Waals surface area contributed by atoms with Crippen LogP contribution in [0.5, 0.6) is 0 Å². The highest BCUT2D eigenvalue weighted by atomic mass is 15.3. The van der Waals surface area contributed by atoms with E-state index < -0.39 is 36.7 Å². The molecule has 0 aromatic heterocycles. The van der Waals surface area contributed by atoms with Crippen molar-refractivity contribution in [2.75, 3.05) is 20.6 Å². The Morgan fingerprint density at radius 3 is 1.58 bits per heavy atom. The first-order valence-electron chi connectivity index (χ1n) is 14.4. The molecule has 0 aliphatic heterocycles. The van der Waals surface area contributed by atoms with Crippen LogP contribution in [0.4, 0.5) is 0 Å². The van der Waals surface area contributed by atoms with Gasteiger partial charge < -0.3 is 4.48 Å². The molecule has 0 radical (unpaired) electrons. The van der Waals surface area contributed by atoms with Crippen LogP contribution in [0.2, 0.25) is 0 Å². The second-order valence-corrected chi connectivity index (χ2v) is 8.12. The average Bonchev–Trinajstić information content (AvgIpc) is 2.76. The van der Waals surface area contributed by atoms with E-state index in [1.807, 2.05) is 0 Å². The van der Waals surface area contributed by atoms with E-state index in [-0.39, 0.29) is 10.0 Å². The summed E-state index contributed by atoms with van der Waals surface area (Å²) < 4.78 is 57.0. The van der Waals surface area contributed by atoms with Crippen molar-refractivity contribution in [1.29, 1.82) is 0 Å². The van der Waals surface area contributed by atoms with E-state index >= 15 is 0 Å². The fourth-order valence-corrected chi connectivity index (χ4v) is 3.37. The fourth-order valence-electron chi connectivity index (χ4n) is 3.37. The van der Waals surface area contributed by atoms with Gasteiger partial charge in [0.1, 0.15) is 6.50 Å². The van der Waals surface area contributed by atoms with Gasteiger partial charge in [0.15, 0.2) is 0 Å². The summed E-state index contributed by atoms with van der Waals surface area (Å²) in [5.41, 5.74) is -0.246. The van der Waals surface area contributed by atoms with Crippen LogP contribution in [0.25, 0.3) is 0 Å². The molecule has 0 amide bonds. The minimum atomic E-state index is -2.08. The Hall–Kier alpha value is -0.820. The lowest BCUT2D eigenvalue weighted by Gasteiger charge is -2.30. The van der Waals surface area contributed by atoms with Crippen LogP contribution in [0, 0.1) is 0 Å². The quantitative estimate of drug-likeness (QED) is 0.195. The van der Waals surface area contributed by atoms with Crippen molar-refractivity contribution in [3.8, 4) is 0 Å². The van der Waals surface area contributed by atoms with E-state index in [0.717, 1.165) is 19.3 Å². The molecule has 0 saturated heterocycles. The van der Waals surface area contributed by atoms with Gasteiger partial charge in [-0.05, 0) is 12.8 Å². The summed E-state index contributed by atoms with van der Waals surface area (Å²) in [6.45, 7) is 0.722. The van der Waals surface area contributed by atoms with Gasteiger partial charge in [0.25, 0.3) is 0 Å². The molecule has 0 spiro atoms. The van der Waals surface area contributed by atoms with Gasteiger partial charge in [-0.3, -0.25) is 0 Å². The molecule has 0 aliphatic rings. The molecule has 0 heterocycles. The monoisotopic (exact) mass is 367 g/mol. The zero-order valence-corrected chi connectivity index (χ0v) is 17.6. The third-order valence-corrected chi connectivity index (χ3v) is 4.99. The first kappa shape index (κ1) is 14.2. The van der Waals surface area contributed by atoms with E-state index in [1.165, 1.54) is 70.6 Å². The minimum absolute atomic E-state index is 0.0702. The lowest BCUT2D eigenvalue weighted by atomic mass is 10.0. The molecule has 0 saturated carbocycles. The molecular weight excluding hydrogens is 314 g/mol. The van der Waals surface area contributed by atoms with E-state index in [0.29, 0.717) is 6.54 Å². The number of quaternary nitrogens is 1. The van der Waals surface area contributed by atoms with Crippen molar-refractivity contribution in [2.45, 2.75) is 103 Å². The molecule has 0 bridgehead atoms. The number of hydrogen-bond acceptors (Lipinski definition) is 0. The summed E-state index contributed by atoms with van der Waals surface area (Å²) in [4.78, 5) is 0. The van der Waals surface area contributed by atoms with Gasteiger partial charge >= 0.3 is 0 Å². The molecule has 0 fully saturated rings. The smallest absolute Gasteiger partial charge is 0.104 e. The average molecular weight is 368 g/mol. The minimum Gasteiger partial charge on any atom is -0.325 e. The third-order valence-electron chi connectivity index (χ3n) is 4.99. The van der Waals surface area contributed by atoms with Gasteiger partial charge in [0.2, 0.25) is 0 Å². The molecule has 1 aromatic rings. The molecule has 1 rings (SSSR count). The number of benzene rings is 1. The van der Waals surface area contributed by atoms with Gasteiger partial charge in [-0.15, -0.1) is 0 Å². The zero-order chi connectivity index (χ0) is 25.1. The van der Waals surface area contributed by atoms with Gasteiger partial charge in [-0.1, -0.05) is 114 Å². The summed E-state index contributed by atoms with van der Waals surface area (Å²) in [7, 11) is 3.48. The number of nitrogens with zero attached hydrogens (tertiary/aromatic N) is 1. The summed E-state index contributed by atoms with van der Waals surface area (Å²) in [6.07, 6.45) is 17.7. The SMILES string of the molecule is [2H]c1c([2H])c([2H])c(C([2H])([2H])[N+](C)(C)CCCCCCCCCCCCCCCC)c([2H])c1[2H]. The molecule has 26 heavy (non-hydrogen) atoms. The highest BCUT2D eigenvalue weighted by molar-refractivity contribution is 5.13. The second-order valence-electron chi connectivity index (χ2n) is 8.12. The fraction of sp³-hybridized carbons (Fsp3) is 0.760. The molecular formula is C25H46N+. The van der Waals surface area contributed by atoms with Gasteiger partial charge in [0, 0.05) is 5.56 Å². The summed E-state index contributed by atoms with van der Waals surface area (Å²) in [5.74, 6) is 0. The van der Waals surface area contributed by atoms with Crippen LogP contribution >= 0.6 is 0 Å². The standard InChI is InChI=1S/C25H46N/c1-4-5-6-7-8-9-10-11-12-13-14-15-16-20-23-26(2,3)24-25-21-18-17-19-22-25/h17-19,21-22H,4-16,20,23-24H2,1-3H3/q+1/i17D,18D,19D,21D,22D,24D2. The van der Waals surface area contributed by atoms with Gasteiger partial charge in [0.05, 0.1) is 30.2 Å². The maximum absolute atomic E-state index is 8.66. The summed E-state index contributed by atoms with van der Waals surface area (Å²) in [5, 5.41) is 0. The maximum Gasteiger partial charge on any atom is 0.104 e. The number of hydrogen-bond donors (Lipinski definition) is 0. The topological polar surface area (TPSA) is 0 Å². The van der Waals surface area contributed by atoms with Crippen LogP contribution in [-0.4, -0.2) is 25.1 Å². The molecule has 150 valence electrons. The largest absolute Gasteiger partial charge is 0.325 e. The molecule has 0 atom stereocenters. The molecule has 1 aromatic carbocycles. The first-order valence-corrected chi connectivity index (χ1v) is 10.9. The van der Waals surface area contributed by atoms with Crippen molar-refractivity contribution in [3.63, 3.8) is 0 Å². The Morgan fingerprint density at radius 1 is 0.692 bits per heavy atom. The van der Waals surface area contributed by atoms with E-state index in [2.05, 4.69) is 6.92 Å². The van der Waals surface area contributed by atoms with Crippen LogP contribution in [0.15, 0.2) is 30.2 Å². The Kier molecular flexibility index (Phi) is 8.34. The van der Waals surface area contributed by atoms with Gasteiger partial charge in [-0.2, -0.15) is 0 Å². The Morgan fingerprint density at radius 2 is 1.12 bits per heavy atom. The molecule has 0 unspecified atom stereocenters. The van der Waals surface area contributed by atoms with Crippen molar-refractivity contribution >= 4 is 0 Å². The van der Waals surface area contributed by atoms with Crippen molar-refractivity contribution in [2.24, 2.45) is 0 Å². The normalized spacial score (nSPS) is 16.2. The van der Waals surface area contributed by atoms with E-state index in [4.69, 9.17) is 9.60 Å². The maximum atomic E-state index is 8.66. The number of unbranched alkanes of at least 4 members (excludes halogenated alkanes) is 13. The van der Waals surface area contributed by atoms with Crippen LogP contribution < -0.4 is 0 Å². The number of rotatable bonds is 17. The lowest BCUT2D eigenvalue weighted by molar-refractivity contribution is -0.903. The Balaban J connectivity index is 2.37. The van der Waals surface area contributed by atoms with Gasteiger partial charge in [-0.25, -0.2) is 0 Å². The van der Waals surface area contributed by atoms with Crippen LogP contribution in [-0.2, 0) is 6.50 Å². The van der Waals surface area contributed by atoms with E-state index in [1.54, 1.807) is 14.1 Å². The van der Waals surface area contributed by atoms with Crippen molar-refractivity contribution in [3.05, 3.63) is 35.8 Å². The molecule has 1 nitrogen and oxygen atoms in total. The van der Waals surface area contributed by atoms with Crippen LogP contribution in [0.3, 0.4) is 0 Å². The lowest BCUT2D eigenvalue weighted by Crippen LogP contribution is -2.39. The highest BCUT2D eigenvalue weighted by Gasteiger charge is 2.14. The zero-order valence-electron chi connectivity index (χ0n) is 24.6. The molecule has 0 N–H and O–H groups in total. The third kappa shape index (κ3) is 13.4. The first-order chi connectivity index (χ1) is 15.5. The summed E-state index contributed by atoms with van der Waals surface area (Å²) in [6, 6.07) is -2.34. The van der Waals surface area contributed by atoms with Crippen LogP contribution in [0.1, 0.15) is 112 Å².